The third-order valence-electron chi connectivity index (χ3n) is 18.6. The summed E-state index contributed by atoms with van der Waals surface area (Å²) in [6.45, 7) is 14.3. The number of allylic oxidation sites excluding steroid dienone is 1. The zero-order valence-corrected chi connectivity index (χ0v) is 52.1. The molecule has 2 aliphatic carbocycles. The number of piperidine rings is 1. The lowest BCUT2D eigenvalue weighted by molar-refractivity contribution is -0.136. The predicted octanol–water partition coefficient (Wildman–Crippen LogP) is 9.64. The molecule has 23 heteroatoms. The Balaban J connectivity index is 0.631. The molecule has 20 nitrogen and oxygen atoms in total. The quantitative estimate of drug-likeness (QED) is 0.0251. The predicted molar refractivity (Wildman–Crippen MR) is 340 cm³/mol. The molecule has 1 saturated carbocycles. The molecule has 464 valence electrons. The van der Waals surface area contributed by atoms with E-state index in [1.807, 2.05) is 36.4 Å². The lowest BCUT2D eigenvalue weighted by Crippen LogP contribution is -2.52. The number of piperazine rings is 2. The van der Waals surface area contributed by atoms with Gasteiger partial charge in [-0.3, -0.25) is 49.6 Å². The van der Waals surface area contributed by atoms with Crippen molar-refractivity contribution in [3.63, 3.8) is 0 Å². The maximum Gasteiger partial charge on any atom is 0.268 e. The maximum atomic E-state index is 14.2. The zero-order valence-electron chi connectivity index (χ0n) is 49.7. The number of aromatic nitrogens is 2. The van der Waals surface area contributed by atoms with Crippen molar-refractivity contribution in [3.8, 4) is 11.5 Å². The Morgan fingerprint density at radius 3 is 2.41 bits per heavy atom. The Kier molecular flexibility index (Phi) is 18.2. The monoisotopic (exact) mass is 1250 g/mol. The summed E-state index contributed by atoms with van der Waals surface area (Å²) in [5.74, 6) is -0.127. The molecule has 3 saturated heterocycles. The number of imide groups is 1. The minimum Gasteiger partial charge on any atom is -0.455 e. The average Bonchev–Trinajstić information content (AvgIpc) is 2.66. The number of carbonyl (C=O) groups is 4. The van der Waals surface area contributed by atoms with Crippen LogP contribution in [-0.4, -0.2) is 162 Å². The van der Waals surface area contributed by atoms with Crippen molar-refractivity contribution in [2.45, 2.75) is 100 Å². The molecule has 4 amide bonds. The largest absolute Gasteiger partial charge is 0.455 e. The fraction of sp³-hybridized carbons (Fsp3) is 0.431. The number of aromatic amines is 1. The van der Waals surface area contributed by atoms with E-state index in [-0.39, 0.29) is 50.8 Å². The van der Waals surface area contributed by atoms with Crippen LogP contribution in [0.1, 0.15) is 103 Å². The molecule has 6 heterocycles. The van der Waals surface area contributed by atoms with Gasteiger partial charge in [-0.05, 0) is 146 Å². The van der Waals surface area contributed by atoms with Crippen LogP contribution in [0.3, 0.4) is 0 Å². The van der Waals surface area contributed by atoms with Crippen molar-refractivity contribution in [1.82, 2.24) is 39.6 Å². The second-order valence-corrected chi connectivity index (χ2v) is 28.2. The van der Waals surface area contributed by atoms with Gasteiger partial charge in [0, 0.05) is 136 Å². The molecule has 6 aromatic rings. The van der Waals surface area contributed by atoms with Crippen LogP contribution in [-0.2, 0) is 26.2 Å². The third kappa shape index (κ3) is 13.9. The Hall–Kier alpha value is -7.02. The van der Waals surface area contributed by atoms with E-state index >= 15 is 0 Å². The van der Waals surface area contributed by atoms with Gasteiger partial charge < -0.3 is 24.8 Å². The number of hydrogen-bond acceptors (Lipinski definition) is 17. The number of fused-ring (bicyclic) bond motifs is 2. The van der Waals surface area contributed by atoms with Gasteiger partial charge in [-0.2, -0.15) is 0 Å². The number of amides is 4. The van der Waals surface area contributed by atoms with E-state index in [4.69, 9.17) is 16.3 Å². The number of sulfonamides is 1. The van der Waals surface area contributed by atoms with Gasteiger partial charge in [0.1, 0.15) is 28.9 Å². The van der Waals surface area contributed by atoms with Crippen molar-refractivity contribution in [1.29, 1.82) is 0 Å². The van der Waals surface area contributed by atoms with Crippen LogP contribution < -0.4 is 30.2 Å². The van der Waals surface area contributed by atoms with Crippen molar-refractivity contribution in [3.05, 3.63) is 136 Å². The molecule has 1 atom stereocenters. The average molecular weight is 1250 g/mol. The van der Waals surface area contributed by atoms with E-state index in [0.29, 0.717) is 54.1 Å². The van der Waals surface area contributed by atoms with Gasteiger partial charge in [-0.25, -0.2) is 18.1 Å². The smallest absolute Gasteiger partial charge is 0.268 e. The first kappa shape index (κ1) is 61.2. The minimum atomic E-state index is -4.57. The van der Waals surface area contributed by atoms with Crippen LogP contribution in [0, 0.1) is 11.3 Å². The lowest BCUT2D eigenvalue weighted by Gasteiger charge is -2.42. The van der Waals surface area contributed by atoms with Crippen LogP contribution in [0.25, 0.3) is 16.6 Å². The summed E-state index contributed by atoms with van der Waals surface area (Å²) in [5, 5.41) is 27.9. The summed E-state index contributed by atoms with van der Waals surface area (Å²) < 4.78 is 36.8. The number of carbonyl (C=O) groups excluding carboxylic acids is 4. The van der Waals surface area contributed by atoms with Crippen molar-refractivity contribution >= 4 is 90.7 Å². The molecule has 4 fully saturated rings. The molecular formula is C65H76ClN11O9S2. The molecule has 0 bridgehead atoms. The summed E-state index contributed by atoms with van der Waals surface area (Å²) in [4.78, 5) is 71.6. The van der Waals surface area contributed by atoms with Crippen molar-refractivity contribution in [2.24, 2.45) is 11.3 Å². The fourth-order valence-corrected chi connectivity index (χ4v) is 15.7. The highest BCUT2D eigenvalue weighted by atomic mass is 35.5. The number of H-pyrrole nitrogens is 1. The fourth-order valence-electron chi connectivity index (χ4n) is 13.5. The molecule has 6 aliphatic rings. The SMILES string of the molecule is CC1(C)CCC(CN2CCN(c3ccc(C(=O)NS(=O)(=O)c4ccc(NCC5CCC(N6CCN(CCSc7cccc8c7CN(C7CCC(=O)NC7=O)C8=O)CC6)CC5)c(N(O)O)c4)c(Oc4cnc5[nH]ccc5c4)c3)CC2)=C(c2ccc(Cl)cc2)C1. The zero-order chi connectivity index (χ0) is 61.3. The van der Waals surface area contributed by atoms with E-state index in [0.717, 1.165) is 149 Å². The summed E-state index contributed by atoms with van der Waals surface area (Å²) >= 11 is 8.02. The second kappa shape index (κ2) is 26.2. The van der Waals surface area contributed by atoms with Gasteiger partial charge in [0.2, 0.25) is 11.8 Å². The molecule has 0 radical (unpaired) electrons. The van der Waals surface area contributed by atoms with Gasteiger partial charge in [-0.15, -0.1) is 17.0 Å². The number of nitrogens with one attached hydrogen (secondary N) is 4. The van der Waals surface area contributed by atoms with Crippen LogP contribution >= 0.6 is 23.4 Å². The first-order chi connectivity index (χ1) is 42.4. The van der Waals surface area contributed by atoms with Gasteiger partial charge >= 0.3 is 0 Å². The van der Waals surface area contributed by atoms with Crippen molar-refractivity contribution in [2.75, 3.05) is 93.2 Å². The van der Waals surface area contributed by atoms with E-state index in [9.17, 15) is 38.0 Å². The van der Waals surface area contributed by atoms with Gasteiger partial charge in [0.25, 0.3) is 21.8 Å². The number of halogens is 1. The first-order valence-corrected chi connectivity index (χ1v) is 33.4. The Labute approximate surface area is 522 Å². The summed E-state index contributed by atoms with van der Waals surface area (Å²) in [6, 6.07) is 26.5. The highest BCUT2D eigenvalue weighted by Crippen LogP contribution is 2.44. The molecule has 4 aromatic carbocycles. The Bertz CT molecular complexity index is 3740. The normalized spacial score (nSPS) is 21.4. The summed E-state index contributed by atoms with van der Waals surface area (Å²) in [7, 11) is -4.57. The molecule has 88 heavy (non-hydrogen) atoms. The molecular weight excluding hydrogens is 1180 g/mol. The molecule has 12 rings (SSSR count). The van der Waals surface area contributed by atoms with E-state index in [2.05, 4.69) is 70.9 Å². The number of nitrogens with zero attached hydrogens (tertiary/aromatic N) is 7. The minimum absolute atomic E-state index is 0.0224. The number of thioether (sulfide) groups is 1. The highest BCUT2D eigenvalue weighted by Gasteiger charge is 2.40. The van der Waals surface area contributed by atoms with E-state index < -0.39 is 27.9 Å². The van der Waals surface area contributed by atoms with E-state index in [1.54, 1.807) is 53.3 Å². The highest BCUT2D eigenvalue weighted by molar-refractivity contribution is 7.99. The van der Waals surface area contributed by atoms with E-state index in [1.165, 1.54) is 28.8 Å². The molecule has 4 aliphatic heterocycles. The van der Waals surface area contributed by atoms with Crippen molar-refractivity contribution < 1.29 is 42.7 Å². The number of hydrogen-bond donors (Lipinski definition) is 6. The number of ether oxygens (including phenoxy) is 1. The maximum absolute atomic E-state index is 14.2. The first-order valence-electron chi connectivity index (χ1n) is 30.6. The lowest BCUT2D eigenvalue weighted by atomic mass is 9.72. The van der Waals surface area contributed by atoms with Crippen LogP contribution in [0.4, 0.5) is 17.1 Å². The molecule has 0 spiro atoms. The summed E-state index contributed by atoms with van der Waals surface area (Å²) in [5.41, 5.74) is 7.48. The Morgan fingerprint density at radius 1 is 0.875 bits per heavy atom. The van der Waals surface area contributed by atoms with Crippen LogP contribution in [0.15, 0.2) is 119 Å². The van der Waals surface area contributed by atoms with Crippen LogP contribution in [0.5, 0.6) is 11.5 Å². The molecule has 2 aromatic heterocycles. The van der Waals surface area contributed by atoms with Gasteiger partial charge in [0.05, 0.1) is 22.3 Å². The number of anilines is 3. The van der Waals surface area contributed by atoms with Crippen LogP contribution in [0.2, 0.25) is 5.02 Å². The number of benzene rings is 4. The topological polar surface area (TPSA) is 236 Å². The second-order valence-electron chi connectivity index (χ2n) is 24.9. The van der Waals surface area contributed by atoms with Gasteiger partial charge in [0.15, 0.2) is 0 Å². The molecule has 6 N–H and O–H groups in total. The Morgan fingerprint density at radius 2 is 1.65 bits per heavy atom. The molecule has 1 unspecified atom stereocenters. The van der Waals surface area contributed by atoms with Gasteiger partial charge in [-0.1, -0.05) is 49.2 Å². The third-order valence-corrected chi connectivity index (χ3v) is 21.3. The number of rotatable bonds is 19. The standard InChI is InChI=1S/C65H76ClN11O9S2/c1-65(2)22-20-45(53(37-65)43-8-10-46(66)11-9-43)40-73-26-30-75(31-27-73)48-14-16-52(58(35-48)86-49-34-44-21-23-67-61(44)69-39-49)62(79)71-88(84,85)50-15-17-55(57(36-50)77(82)83)68-38-42-6-12-47(13-7-42)74-28-24-72(25-29-74)32-33-87-59-5-3-4-51-54(59)41-76(64(51)81)56-18-19-60(78)70-63(56)80/h3-5,8-11,14-17,21,23,34-36,39,42,47,56,68,82-83H,6-7,12-13,18-20,22,24-33,37-38,40-41H2,1-2H3,(H,67,69)(H,71,79)(H,70,78,80). The number of pyridine rings is 1. The summed E-state index contributed by atoms with van der Waals surface area (Å²) in [6.07, 6.45) is 11.1.